The van der Waals surface area contributed by atoms with E-state index in [4.69, 9.17) is 4.74 Å². The number of hydrogen-bond acceptors (Lipinski definition) is 5. The standard InChI is InChI=1S/C26H29FN4O3/c1-34-24-3-2-18(27)8-21(24)20-4-5-28-26-22(20)9-23(29-26)15-6-16-10-30(11-17(16)7-15)14-25(33)31-12-19(32)13-31/h2-5,8-9,15-17,19,32H,6-7,10-14H2,1H3,(H,28,29)/t15?,16-,17+. The molecule has 178 valence electrons. The van der Waals surface area contributed by atoms with Crippen LogP contribution >= 0.6 is 0 Å². The Labute approximate surface area is 197 Å². The average molecular weight is 465 g/mol. The Kier molecular flexibility index (Phi) is 5.30. The van der Waals surface area contributed by atoms with E-state index in [1.54, 1.807) is 24.3 Å². The van der Waals surface area contributed by atoms with Crippen LogP contribution in [-0.2, 0) is 4.79 Å². The van der Waals surface area contributed by atoms with Gasteiger partial charge in [0.2, 0.25) is 5.91 Å². The number of nitrogens with zero attached hydrogens (tertiary/aromatic N) is 3. The van der Waals surface area contributed by atoms with Gasteiger partial charge in [-0.25, -0.2) is 9.37 Å². The van der Waals surface area contributed by atoms with E-state index in [-0.39, 0.29) is 17.8 Å². The van der Waals surface area contributed by atoms with E-state index in [1.807, 2.05) is 6.07 Å². The van der Waals surface area contributed by atoms with E-state index < -0.39 is 0 Å². The SMILES string of the molecule is COc1ccc(F)cc1-c1ccnc2[nH]c(C3C[C@@H]4CN(CC(=O)N5CC(O)C5)C[C@@H]4C3)cc12. The topological polar surface area (TPSA) is 81.7 Å². The van der Waals surface area contributed by atoms with E-state index in [0.717, 1.165) is 48.1 Å². The van der Waals surface area contributed by atoms with Crippen molar-refractivity contribution >= 4 is 16.9 Å². The van der Waals surface area contributed by atoms with Crippen LogP contribution in [0.4, 0.5) is 4.39 Å². The Morgan fingerprint density at radius 2 is 1.91 bits per heavy atom. The normalized spacial score (nSPS) is 25.0. The number of aromatic nitrogens is 2. The lowest BCUT2D eigenvalue weighted by molar-refractivity contribution is -0.142. The van der Waals surface area contributed by atoms with Crippen molar-refractivity contribution in [3.8, 4) is 16.9 Å². The van der Waals surface area contributed by atoms with Crippen molar-refractivity contribution < 1.29 is 19.0 Å². The largest absolute Gasteiger partial charge is 0.496 e. The second-order valence-electron chi connectivity index (χ2n) is 10.0. The van der Waals surface area contributed by atoms with Gasteiger partial charge in [-0.15, -0.1) is 0 Å². The van der Waals surface area contributed by atoms with Crippen molar-refractivity contribution in [2.75, 3.05) is 39.8 Å². The van der Waals surface area contributed by atoms with Crippen molar-refractivity contribution in [3.63, 3.8) is 0 Å². The number of benzene rings is 1. The lowest BCUT2D eigenvalue weighted by atomic mass is 9.99. The molecule has 2 aromatic heterocycles. The average Bonchev–Trinajstić information content (AvgIpc) is 3.49. The Morgan fingerprint density at radius 3 is 2.62 bits per heavy atom. The molecule has 3 atom stereocenters. The number of carbonyl (C=O) groups excluding carboxylic acids is 1. The van der Waals surface area contributed by atoms with Crippen molar-refractivity contribution in [1.82, 2.24) is 19.8 Å². The number of pyridine rings is 1. The van der Waals surface area contributed by atoms with Gasteiger partial charge in [0.1, 0.15) is 17.2 Å². The van der Waals surface area contributed by atoms with E-state index in [1.165, 1.54) is 17.8 Å². The predicted molar refractivity (Wildman–Crippen MR) is 126 cm³/mol. The second kappa shape index (κ2) is 8.36. The third-order valence-electron chi connectivity index (χ3n) is 7.84. The quantitative estimate of drug-likeness (QED) is 0.607. The van der Waals surface area contributed by atoms with E-state index in [9.17, 15) is 14.3 Å². The zero-order chi connectivity index (χ0) is 23.4. The maximum atomic E-state index is 14.0. The van der Waals surface area contributed by atoms with Crippen molar-refractivity contribution in [1.29, 1.82) is 0 Å². The molecule has 1 unspecified atom stereocenters. The number of carbonyl (C=O) groups is 1. The second-order valence-corrected chi connectivity index (χ2v) is 10.0. The maximum Gasteiger partial charge on any atom is 0.236 e. The minimum atomic E-state index is -0.351. The summed E-state index contributed by atoms with van der Waals surface area (Å²) in [6, 6.07) is 8.65. The van der Waals surface area contributed by atoms with Crippen LogP contribution in [0.15, 0.2) is 36.5 Å². The Bertz CT molecular complexity index is 1220. The van der Waals surface area contributed by atoms with Gasteiger partial charge in [-0.05, 0) is 66.5 Å². The summed E-state index contributed by atoms with van der Waals surface area (Å²) in [6.07, 6.45) is 3.57. The molecule has 6 rings (SSSR count). The molecule has 0 spiro atoms. The zero-order valence-electron chi connectivity index (χ0n) is 19.2. The van der Waals surface area contributed by atoms with Crippen molar-refractivity contribution in [2.24, 2.45) is 11.8 Å². The highest BCUT2D eigenvalue weighted by Crippen LogP contribution is 2.47. The number of β-amino-alcohol motifs (C(OH)–C–C–N with tert-alkyl or cyclic N) is 1. The molecule has 3 aliphatic rings. The van der Waals surface area contributed by atoms with Crippen LogP contribution in [0, 0.1) is 17.7 Å². The summed E-state index contributed by atoms with van der Waals surface area (Å²) in [5.41, 5.74) is 3.61. The van der Waals surface area contributed by atoms with E-state index in [0.29, 0.717) is 43.1 Å². The van der Waals surface area contributed by atoms with Crippen LogP contribution in [0.2, 0.25) is 0 Å². The molecule has 1 aliphatic carbocycles. The molecule has 34 heavy (non-hydrogen) atoms. The van der Waals surface area contributed by atoms with Gasteiger partial charge in [-0.1, -0.05) is 0 Å². The summed E-state index contributed by atoms with van der Waals surface area (Å²) in [5, 5.41) is 10.4. The summed E-state index contributed by atoms with van der Waals surface area (Å²) in [5.74, 6) is 2.06. The lowest BCUT2D eigenvalue weighted by Crippen LogP contribution is -2.55. The highest BCUT2D eigenvalue weighted by Gasteiger charge is 2.42. The number of H-pyrrole nitrogens is 1. The molecule has 7 nitrogen and oxygen atoms in total. The molecule has 0 radical (unpaired) electrons. The smallest absolute Gasteiger partial charge is 0.236 e. The van der Waals surface area contributed by atoms with Gasteiger partial charge >= 0.3 is 0 Å². The molecule has 0 bridgehead atoms. The van der Waals surface area contributed by atoms with Crippen molar-refractivity contribution in [2.45, 2.75) is 24.9 Å². The molecule has 1 aromatic carbocycles. The maximum absolute atomic E-state index is 14.0. The first kappa shape index (κ1) is 21.6. The molecule has 2 aliphatic heterocycles. The van der Waals surface area contributed by atoms with Crippen LogP contribution < -0.4 is 4.74 Å². The van der Waals surface area contributed by atoms with Gasteiger partial charge in [0.25, 0.3) is 0 Å². The lowest BCUT2D eigenvalue weighted by Gasteiger charge is -2.36. The summed E-state index contributed by atoms with van der Waals surface area (Å²) in [4.78, 5) is 24.4. The van der Waals surface area contributed by atoms with E-state index >= 15 is 0 Å². The van der Waals surface area contributed by atoms with Crippen LogP contribution in [0.5, 0.6) is 5.75 Å². The van der Waals surface area contributed by atoms with Crippen molar-refractivity contribution in [3.05, 3.63) is 48.0 Å². The molecule has 1 amide bonds. The Morgan fingerprint density at radius 1 is 1.15 bits per heavy atom. The van der Waals surface area contributed by atoms with Crippen LogP contribution in [0.1, 0.15) is 24.5 Å². The number of amides is 1. The predicted octanol–water partition coefficient (Wildman–Crippen LogP) is 3.01. The first-order valence-corrected chi connectivity index (χ1v) is 12.0. The minimum Gasteiger partial charge on any atom is -0.496 e. The molecule has 8 heteroatoms. The first-order chi connectivity index (χ1) is 16.5. The minimum absolute atomic E-state index is 0.129. The van der Waals surface area contributed by atoms with Gasteiger partial charge in [-0.3, -0.25) is 9.69 Å². The molecule has 4 heterocycles. The fraction of sp³-hybridized carbons (Fsp3) is 0.462. The van der Waals surface area contributed by atoms with Crippen LogP contribution in [0.3, 0.4) is 0 Å². The molecular formula is C26H29FN4O3. The fourth-order valence-electron chi connectivity index (χ4n) is 6.12. The van der Waals surface area contributed by atoms with Gasteiger partial charge in [0.05, 0.1) is 19.8 Å². The van der Waals surface area contributed by atoms with Gasteiger partial charge in [0.15, 0.2) is 0 Å². The number of halogens is 1. The molecule has 2 saturated heterocycles. The summed E-state index contributed by atoms with van der Waals surface area (Å²) in [7, 11) is 1.60. The number of nitrogens with one attached hydrogen (secondary N) is 1. The summed E-state index contributed by atoms with van der Waals surface area (Å²) >= 11 is 0. The third kappa shape index (κ3) is 3.75. The number of rotatable bonds is 5. The highest BCUT2D eigenvalue weighted by atomic mass is 19.1. The number of hydrogen-bond donors (Lipinski definition) is 2. The summed E-state index contributed by atoms with van der Waals surface area (Å²) < 4.78 is 19.5. The van der Waals surface area contributed by atoms with Crippen LogP contribution in [0.25, 0.3) is 22.2 Å². The van der Waals surface area contributed by atoms with Crippen LogP contribution in [-0.4, -0.2) is 76.7 Å². The number of aromatic amines is 1. The number of fused-ring (bicyclic) bond motifs is 2. The molecule has 3 fully saturated rings. The number of aliphatic hydroxyl groups is 1. The number of ether oxygens (including phenoxy) is 1. The molecular weight excluding hydrogens is 435 g/mol. The highest BCUT2D eigenvalue weighted by molar-refractivity contribution is 5.95. The first-order valence-electron chi connectivity index (χ1n) is 12.0. The monoisotopic (exact) mass is 464 g/mol. The fourth-order valence-corrected chi connectivity index (χ4v) is 6.12. The zero-order valence-corrected chi connectivity index (χ0v) is 19.2. The van der Waals surface area contributed by atoms with E-state index in [2.05, 4.69) is 20.9 Å². The number of methoxy groups -OCH3 is 1. The molecule has 1 saturated carbocycles. The summed E-state index contributed by atoms with van der Waals surface area (Å²) in [6.45, 7) is 3.31. The molecule has 2 N–H and O–H groups in total. The third-order valence-corrected chi connectivity index (χ3v) is 7.84. The molecule has 3 aromatic rings. The Balaban J connectivity index is 1.18. The van der Waals surface area contributed by atoms with Gasteiger partial charge in [0, 0.05) is 49.0 Å². The van der Waals surface area contributed by atoms with Gasteiger partial charge in [-0.2, -0.15) is 0 Å². The number of aliphatic hydroxyl groups excluding tert-OH is 1. The van der Waals surface area contributed by atoms with Gasteiger partial charge < -0.3 is 19.7 Å². The number of likely N-dealkylation sites (tertiary alicyclic amines) is 2. The Hall–Kier alpha value is -2.97.